The third kappa shape index (κ3) is 6.03. The van der Waals surface area contributed by atoms with Gasteiger partial charge in [0.05, 0.1) is 21.4 Å². The lowest BCUT2D eigenvalue weighted by Crippen LogP contribution is -2.42. The van der Waals surface area contributed by atoms with Crippen molar-refractivity contribution in [3.05, 3.63) is 64.4 Å². The molecule has 2 aromatic carbocycles. The molecule has 0 bridgehead atoms. The Labute approximate surface area is 215 Å². The van der Waals surface area contributed by atoms with Crippen LogP contribution in [-0.4, -0.2) is 43.3 Å². The van der Waals surface area contributed by atoms with Crippen LogP contribution in [0.4, 0.5) is 36.4 Å². The summed E-state index contributed by atoms with van der Waals surface area (Å²) in [7, 11) is -3.35. The highest BCUT2D eigenvalue weighted by molar-refractivity contribution is 7.86. The molecule has 15 heteroatoms. The summed E-state index contributed by atoms with van der Waals surface area (Å²) < 4.78 is 120. The Kier molecular flexibility index (Phi) is 7.77. The number of hydrogen-bond acceptors (Lipinski definition) is 5. The van der Waals surface area contributed by atoms with Gasteiger partial charge < -0.3 is 0 Å². The van der Waals surface area contributed by atoms with Crippen LogP contribution in [0.1, 0.15) is 28.5 Å². The Morgan fingerprint density at radius 3 is 2.24 bits per heavy atom. The van der Waals surface area contributed by atoms with Gasteiger partial charge in [-0.3, -0.25) is 8.51 Å². The number of hydrogen-bond donors (Lipinski definition) is 0. The van der Waals surface area contributed by atoms with E-state index in [2.05, 4.69) is 10.2 Å². The number of alkyl halides is 6. The van der Waals surface area contributed by atoms with Crippen molar-refractivity contribution >= 4 is 38.8 Å². The summed E-state index contributed by atoms with van der Waals surface area (Å²) in [5.41, 5.74) is -0.575. The van der Waals surface area contributed by atoms with Crippen LogP contribution in [0, 0.1) is 5.82 Å². The van der Waals surface area contributed by atoms with Gasteiger partial charge in [0.15, 0.2) is 16.9 Å². The first-order valence-corrected chi connectivity index (χ1v) is 14.1. The van der Waals surface area contributed by atoms with E-state index in [0.717, 1.165) is 41.7 Å². The maximum absolute atomic E-state index is 13.6. The summed E-state index contributed by atoms with van der Waals surface area (Å²) >= 11 is 1.09. The predicted octanol–water partition coefficient (Wildman–Crippen LogP) is 5.71. The molecular weight excluding hydrogens is 567 g/mol. The Bertz CT molecular complexity index is 1310. The van der Waals surface area contributed by atoms with E-state index < -0.39 is 57.5 Å². The third-order valence-electron chi connectivity index (χ3n) is 5.71. The zero-order valence-electron chi connectivity index (χ0n) is 18.8. The van der Waals surface area contributed by atoms with Crippen LogP contribution in [0.15, 0.2) is 51.7 Å². The standard InChI is InChI=1S/C22H18F7N3O2S3/c1-36(33)20-31-30-18(35-20)11-15-6-2-12-10-13(19(21(24,25)26)22(27,28)29)3-9-17(12)32(15)37(34)16-7-4-14(23)5-8-16/h3-5,7-10,15,19H,2,6,11H2,1H3/t15-,36?,37?/m0/s1. The average Bonchev–Trinajstić information content (AvgIpc) is 3.26. The van der Waals surface area contributed by atoms with Crippen LogP contribution >= 0.6 is 11.3 Å². The number of fused-ring (bicyclic) bond motifs is 1. The van der Waals surface area contributed by atoms with Crippen molar-refractivity contribution in [1.82, 2.24) is 10.2 Å². The van der Waals surface area contributed by atoms with E-state index in [4.69, 9.17) is 0 Å². The van der Waals surface area contributed by atoms with Gasteiger partial charge in [0.1, 0.15) is 10.8 Å². The summed E-state index contributed by atoms with van der Waals surface area (Å²) in [5, 5.41) is 8.34. The first kappa shape index (κ1) is 27.6. The maximum atomic E-state index is 13.6. The minimum atomic E-state index is -5.55. The molecule has 0 saturated carbocycles. The molecule has 0 fully saturated rings. The summed E-state index contributed by atoms with van der Waals surface area (Å²) in [4.78, 5) is 0.194. The molecule has 0 saturated heterocycles. The van der Waals surface area contributed by atoms with Crippen LogP contribution in [0.5, 0.6) is 0 Å². The second kappa shape index (κ2) is 10.4. The highest BCUT2D eigenvalue weighted by atomic mass is 32.2. The fourth-order valence-electron chi connectivity index (χ4n) is 4.11. The smallest absolute Gasteiger partial charge is 0.284 e. The molecule has 0 spiro atoms. The third-order valence-corrected chi connectivity index (χ3v) is 9.50. The minimum absolute atomic E-state index is 0.124. The summed E-state index contributed by atoms with van der Waals surface area (Å²) in [6.07, 6.45) is -9.11. The second-order valence-corrected chi connectivity index (χ2v) is 12.2. The molecule has 1 aromatic heterocycles. The predicted molar refractivity (Wildman–Crippen MR) is 125 cm³/mol. The number of nitrogens with zero attached hydrogens (tertiary/aromatic N) is 3. The average molecular weight is 586 g/mol. The Balaban J connectivity index is 1.76. The van der Waals surface area contributed by atoms with Crippen LogP contribution in [0.3, 0.4) is 0 Å². The van der Waals surface area contributed by atoms with Crippen molar-refractivity contribution in [2.45, 2.75) is 52.8 Å². The Morgan fingerprint density at radius 2 is 1.68 bits per heavy atom. The maximum Gasteiger partial charge on any atom is 0.404 e. The van der Waals surface area contributed by atoms with E-state index >= 15 is 0 Å². The molecule has 4 rings (SSSR count). The molecule has 37 heavy (non-hydrogen) atoms. The highest BCUT2D eigenvalue weighted by Crippen LogP contribution is 2.48. The first-order chi connectivity index (χ1) is 17.3. The molecule has 1 aliphatic heterocycles. The first-order valence-electron chi connectivity index (χ1n) is 10.6. The van der Waals surface area contributed by atoms with Crippen LogP contribution in [0.25, 0.3) is 0 Å². The van der Waals surface area contributed by atoms with Gasteiger partial charge in [-0.25, -0.2) is 8.60 Å². The summed E-state index contributed by atoms with van der Waals surface area (Å²) in [5.74, 6) is -4.23. The second-order valence-electron chi connectivity index (χ2n) is 8.25. The lowest BCUT2D eigenvalue weighted by Gasteiger charge is -2.38. The molecule has 3 aromatic rings. The number of benzene rings is 2. The lowest BCUT2D eigenvalue weighted by atomic mass is 9.90. The monoisotopic (exact) mass is 585 g/mol. The molecule has 0 aliphatic carbocycles. The molecular formula is C22H18F7N3O2S3. The topological polar surface area (TPSA) is 63.2 Å². The van der Waals surface area contributed by atoms with Crippen molar-refractivity contribution in [3.63, 3.8) is 0 Å². The number of aromatic nitrogens is 2. The van der Waals surface area contributed by atoms with Gasteiger partial charge >= 0.3 is 12.4 Å². The normalized spacial score (nSPS) is 18.1. The SMILES string of the molecule is CS(=O)c1nnc(C[C@@H]2CCc3cc(C(C(F)(F)F)C(F)(F)F)ccc3N2S(=O)c2ccc(F)cc2)s1. The Morgan fingerprint density at radius 1 is 1.03 bits per heavy atom. The van der Waals surface area contributed by atoms with E-state index in [-0.39, 0.29) is 39.7 Å². The number of rotatable bonds is 6. The van der Waals surface area contributed by atoms with E-state index in [9.17, 15) is 39.2 Å². The molecule has 2 heterocycles. The number of aryl methyl sites for hydroxylation is 1. The zero-order valence-corrected chi connectivity index (χ0v) is 21.3. The number of anilines is 1. The molecule has 200 valence electrons. The fourth-order valence-corrected chi connectivity index (χ4v) is 7.07. The molecule has 0 amide bonds. The Hall–Kier alpha value is -2.39. The van der Waals surface area contributed by atoms with Crippen molar-refractivity contribution in [2.75, 3.05) is 10.6 Å². The van der Waals surface area contributed by atoms with Gasteiger partial charge in [-0.15, -0.1) is 10.2 Å². The van der Waals surface area contributed by atoms with Gasteiger partial charge in [0.2, 0.25) is 4.34 Å². The van der Waals surface area contributed by atoms with Gasteiger partial charge in [-0.1, -0.05) is 23.5 Å². The van der Waals surface area contributed by atoms with Crippen molar-refractivity contribution in [2.24, 2.45) is 0 Å². The van der Waals surface area contributed by atoms with E-state index in [1.54, 1.807) is 0 Å². The van der Waals surface area contributed by atoms with E-state index in [1.165, 1.54) is 22.7 Å². The molecule has 3 atom stereocenters. The lowest BCUT2D eigenvalue weighted by molar-refractivity contribution is -0.253. The van der Waals surface area contributed by atoms with E-state index in [0.29, 0.717) is 5.01 Å². The van der Waals surface area contributed by atoms with Crippen LogP contribution < -0.4 is 4.31 Å². The van der Waals surface area contributed by atoms with Gasteiger partial charge in [-0.2, -0.15) is 26.3 Å². The van der Waals surface area contributed by atoms with Gasteiger partial charge in [-0.05, 0) is 54.3 Å². The quantitative estimate of drug-likeness (QED) is 0.348. The van der Waals surface area contributed by atoms with E-state index in [1.807, 2.05) is 0 Å². The molecule has 1 aliphatic rings. The van der Waals surface area contributed by atoms with Crippen LogP contribution in [-0.2, 0) is 34.6 Å². The molecule has 5 nitrogen and oxygen atoms in total. The van der Waals surface area contributed by atoms with Crippen molar-refractivity contribution in [3.8, 4) is 0 Å². The van der Waals surface area contributed by atoms with Crippen molar-refractivity contribution < 1.29 is 39.2 Å². The van der Waals surface area contributed by atoms with Crippen molar-refractivity contribution in [1.29, 1.82) is 0 Å². The zero-order chi connectivity index (χ0) is 27.1. The number of halogens is 7. The largest absolute Gasteiger partial charge is 0.404 e. The summed E-state index contributed by atoms with van der Waals surface area (Å²) in [6, 6.07) is 6.95. The van der Waals surface area contributed by atoms with Gasteiger partial charge in [0, 0.05) is 18.7 Å². The highest BCUT2D eigenvalue weighted by Gasteiger charge is 2.57. The van der Waals surface area contributed by atoms with Gasteiger partial charge in [0.25, 0.3) is 0 Å². The molecule has 2 unspecified atom stereocenters. The fraction of sp³-hybridized carbons (Fsp3) is 0.364. The van der Waals surface area contributed by atoms with Crippen LogP contribution in [0.2, 0.25) is 0 Å². The molecule has 0 N–H and O–H groups in total. The molecule has 0 radical (unpaired) electrons. The summed E-state index contributed by atoms with van der Waals surface area (Å²) in [6.45, 7) is 0. The minimum Gasteiger partial charge on any atom is -0.284 e.